The summed E-state index contributed by atoms with van der Waals surface area (Å²) in [6, 6.07) is 9.79. The summed E-state index contributed by atoms with van der Waals surface area (Å²) in [6.45, 7) is 0.433. The number of H-pyrrole nitrogens is 1. The lowest BCUT2D eigenvalue weighted by atomic mass is 10.1. The van der Waals surface area contributed by atoms with Gasteiger partial charge in [0.05, 0.1) is 11.1 Å². The second-order valence-electron chi connectivity index (χ2n) is 5.16. The molecule has 0 radical (unpaired) electrons. The Morgan fingerprint density at radius 3 is 3.00 bits per heavy atom. The van der Waals surface area contributed by atoms with Crippen LogP contribution in [0.15, 0.2) is 55.2 Å². The predicted molar refractivity (Wildman–Crippen MR) is 86.8 cm³/mol. The lowest BCUT2D eigenvalue weighted by Gasteiger charge is -2.07. The third-order valence-corrected chi connectivity index (χ3v) is 3.78. The Hall–Kier alpha value is -3.28. The number of rotatable bonds is 3. The largest absolute Gasteiger partial charge is 0.348 e. The normalized spacial score (nSPS) is 11.0. The van der Waals surface area contributed by atoms with Gasteiger partial charge < -0.3 is 10.3 Å². The molecule has 3 aromatic heterocycles. The van der Waals surface area contributed by atoms with Crippen LogP contribution in [-0.4, -0.2) is 25.8 Å². The Bertz CT molecular complexity index is 1000. The molecule has 0 aliphatic rings. The molecule has 0 fully saturated rings. The number of amides is 1. The number of nitrogens with zero attached hydrogens (tertiary/aromatic N) is 3. The molecule has 2 N–H and O–H groups in total. The second-order valence-corrected chi connectivity index (χ2v) is 5.16. The van der Waals surface area contributed by atoms with E-state index in [1.807, 2.05) is 30.3 Å². The summed E-state index contributed by atoms with van der Waals surface area (Å²) in [5.74, 6) is -0.160. The third kappa shape index (κ3) is 2.40. The average molecular weight is 303 g/mol. The summed E-state index contributed by atoms with van der Waals surface area (Å²) >= 11 is 0. The van der Waals surface area contributed by atoms with Crippen LogP contribution in [0, 0.1) is 0 Å². The van der Waals surface area contributed by atoms with Gasteiger partial charge in [-0.3, -0.25) is 9.78 Å². The smallest absolute Gasteiger partial charge is 0.253 e. The first-order chi connectivity index (χ1) is 11.3. The van der Waals surface area contributed by atoms with Gasteiger partial charge in [0.15, 0.2) is 0 Å². The molecule has 3 heterocycles. The van der Waals surface area contributed by atoms with Gasteiger partial charge in [0, 0.05) is 35.9 Å². The minimum Gasteiger partial charge on any atom is -0.348 e. The molecule has 0 aliphatic carbocycles. The van der Waals surface area contributed by atoms with Crippen molar-refractivity contribution in [3.8, 4) is 0 Å². The highest BCUT2D eigenvalue weighted by Crippen LogP contribution is 2.17. The van der Waals surface area contributed by atoms with E-state index in [4.69, 9.17) is 0 Å². The zero-order valence-electron chi connectivity index (χ0n) is 12.2. The van der Waals surface area contributed by atoms with Crippen LogP contribution in [0.5, 0.6) is 0 Å². The van der Waals surface area contributed by atoms with Crippen LogP contribution in [-0.2, 0) is 6.54 Å². The van der Waals surface area contributed by atoms with Gasteiger partial charge in [-0.25, -0.2) is 9.97 Å². The standard InChI is InChI=1S/C17H13N5O/c23-17(14-9-20-16-13(14)8-18-10-22-16)21-7-11-5-6-19-15-4-2-1-3-12(11)15/h1-6,8-10H,7H2,(H,21,23)(H,18,20,22). The van der Waals surface area contributed by atoms with E-state index >= 15 is 0 Å². The number of para-hydroxylation sites is 1. The fraction of sp³-hybridized carbons (Fsp3) is 0.0588. The molecular formula is C17H13N5O. The van der Waals surface area contributed by atoms with Crippen molar-refractivity contribution in [1.82, 2.24) is 25.3 Å². The molecule has 0 aliphatic heterocycles. The summed E-state index contributed by atoms with van der Waals surface area (Å²) in [7, 11) is 0. The summed E-state index contributed by atoms with van der Waals surface area (Å²) < 4.78 is 0. The van der Waals surface area contributed by atoms with Crippen LogP contribution in [0.2, 0.25) is 0 Å². The molecule has 23 heavy (non-hydrogen) atoms. The van der Waals surface area contributed by atoms with Crippen molar-refractivity contribution in [2.75, 3.05) is 0 Å². The van der Waals surface area contributed by atoms with Gasteiger partial charge in [0.2, 0.25) is 0 Å². The van der Waals surface area contributed by atoms with Crippen molar-refractivity contribution in [2.24, 2.45) is 0 Å². The first kappa shape index (κ1) is 13.4. The molecular weight excluding hydrogens is 290 g/mol. The molecule has 6 heteroatoms. The highest BCUT2D eigenvalue weighted by atomic mass is 16.1. The number of carbonyl (C=O) groups is 1. The van der Waals surface area contributed by atoms with E-state index in [-0.39, 0.29) is 5.91 Å². The Labute approximate surface area is 131 Å². The quantitative estimate of drug-likeness (QED) is 0.609. The number of pyridine rings is 1. The highest BCUT2D eigenvalue weighted by molar-refractivity contribution is 6.05. The number of aromatic amines is 1. The molecule has 0 bridgehead atoms. The minimum atomic E-state index is -0.160. The van der Waals surface area contributed by atoms with E-state index < -0.39 is 0 Å². The minimum absolute atomic E-state index is 0.160. The first-order valence-corrected chi connectivity index (χ1v) is 7.21. The Morgan fingerprint density at radius 2 is 2.04 bits per heavy atom. The number of hydrogen-bond acceptors (Lipinski definition) is 4. The van der Waals surface area contributed by atoms with Crippen molar-refractivity contribution < 1.29 is 4.79 Å². The Kier molecular flexibility index (Phi) is 3.20. The van der Waals surface area contributed by atoms with E-state index in [0.717, 1.165) is 16.5 Å². The number of aromatic nitrogens is 4. The molecule has 1 amide bonds. The SMILES string of the molecule is O=C(NCc1ccnc2ccccc12)c1c[nH]c2ncncc12. The van der Waals surface area contributed by atoms with Gasteiger partial charge in [-0.1, -0.05) is 18.2 Å². The molecule has 112 valence electrons. The summed E-state index contributed by atoms with van der Waals surface area (Å²) in [5.41, 5.74) is 3.14. The topological polar surface area (TPSA) is 83.6 Å². The van der Waals surface area contributed by atoms with E-state index in [1.54, 1.807) is 18.6 Å². The maximum Gasteiger partial charge on any atom is 0.253 e. The van der Waals surface area contributed by atoms with E-state index in [1.165, 1.54) is 6.33 Å². The molecule has 6 nitrogen and oxygen atoms in total. The molecule has 1 aromatic carbocycles. The summed E-state index contributed by atoms with van der Waals surface area (Å²) in [5, 5.41) is 4.70. The van der Waals surface area contributed by atoms with E-state index in [9.17, 15) is 4.79 Å². The van der Waals surface area contributed by atoms with Crippen molar-refractivity contribution in [2.45, 2.75) is 6.54 Å². The van der Waals surface area contributed by atoms with Crippen LogP contribution in [0.4, 0.5) is 0 Å². The fourth-order valence-corrected chi connectivity index (χ4v) is 2.63. The maximum absolute atomic E-state index is 12.4. The molecule has 4 aromatic rings. The van der Waals surface area contributed by atoms with Gasteiger partial charge in [-0.05, 0) is 17.7 Å². The van der Waals surface area contributed by atoms with Crippen molar-refractivity contribution in [3.05, 3.63) is 66.4 Å². The summed E-state index contributed by atoms with van der Waals surface area (Å²) in [4.78, 5) is 27.8. The number of benzene rings is 1. The number of carbonyl (C=O) groups excluding carboxylic acids is 1. The third-order valence-electron chi connectivity index (χ3n) is 3.78. The number of fused-ring (bicyclic) bond motifs is 2. The van der Waals surface area contributed by atoms with Crippen LogP contribution >= 0.6 is 0 Å². The van der Waals surface area contributed by atoms with Crippen LogP contribution in [0.3, 0.4) is 0 Å². The Morgan fingerprint density at radius 1 is 1.13 bits per heavy atom. The molecule has 0 atom stereocenters. The van der Waals surface area contributed by atoms with E-state index in [2.05, 4.69) is 25.3 Å². The van der Waals surface area contributed by atoms with Gasteiger partial charge in [-0.15, -0.1) is 0 Å². The maximum atomic E-state index is 12.4. The Balaban J connectivity index is 1.60. The highest BCUT2D eigenvalue weighted by Gasteiger charge is 2.13. The van der Waals surface area contributed by atoms with Gasteiger partial charge in [-0.2, -0.15) is 0 Å². The average Bonchev–Trinajstić information content (AvgIpc) is 3.04. The van der Waals surface area contributed by atoms with Crippen LogP contribution < -0.4 is 5.32 Å². The molecule has 4 rings (SSSR count). The van der Waals surface area contributed by atoms with Gasteiger partial charge in [0.1, 0.15) is 12.0 Å². The predicted octanol–water partition coefficient (Wildman–Crippen LogP) is 2.44. The fourth-order valence-electron chi connectivity index (χ4n) is 2.63. The zero-order chi connectivity index (χ0) is 15.6. The monoisotopic (exact) mass is 303 g/mol. The van der Waals surface area contributed by atoms with Crippen LogP contribution in [0.1, 0.15) is 15.9 Å². The summed E-state index contributed by atoms with van der Waals surface area (Å²) in [6.07, 6.45) is 6.49. The van der Waals surface area contributed by atoms with Crippen LogP contribution in [0.25, 0.3) is 21.9 Å². The molecule has 0 spiro atoms. The zero-order valence-corrected chi connectivity index (χ0v) is 12.2. The van der Waals surface area contributed by atoms with Crippen molar-refractivity contribution in [1.29, 1.82) is 0 Å². The lowest BCUT2D eigenvalue weighted by molar-refractivity contribution is 0.0952. The van der Waals surface area contributed by atoms with Gasteiger partial charge >= 0.3 is 0 Å². The van der Waals surface area contributed by atoms with Crippen molar-refractivity contribution in [3.63, 3.8) is 0 Å². The molecule has 0 saturated heterocycles. The van der Waals surface area contributed by atoms with Crippen molar-refractivity contribution >= 4 is 27.8 Å². The van der Waals surface area contributed by atoms with E-state index in [0.29, 0.717) is 23.1 Å². The molecule has 0 saturated carbocycles. The second kappa shape index (κ2) is 5.49. The number of nitrogens with one attached hydrogen (secondary N) is 2. The van der Waals surface area contributed by atoms with Gasteiger partial charge in [0.25, 0.3) is 5.91 Å². The lowest BCUT2D eigenvalue weighted by Crippen LogP contribution is -2.22. The number of hydrogen-bond donors (Lipinski definition) is 2. The molecule has 0 unspecified atom stereocenters. The first-order valence-electron chi connectivity index (χ1n) is 7.21.